The highest BCUT2D eigenvalue weighted by molar-refractivity contribution is 5.82. The van der Waals surface area contributed by atoms with E-state index < -0.39 is 18.0 Å². The molecule has 0 aromatic rings. The Morgan fingerprint density at radius 2 is 1.50 bits per heavy atom. The summed E-state index contributed by atoms with van der Waals surface area (Å²) in [5.74, 6) is 0.560. The van der Waals surface area contributed by atoms with Gasteiger partial charge in [-0.15, -0.1) is 0 Å². The van der Waals surface area contributed by atoms with Crippen molar-refractivity contribution in [1.29, 1.82) is 0 Å². The highest BCUT2D eigenvalue weighted by atomic mass is 16.4. The second-order valence-corrected chi connectivity index (χ2v) is 6.53. The zero-order valence-corrected chi connectivity index (χ0v) is 13.6. The van der Waals surface area contributed by atoms with Crippen molar-refractivity contribution in [2.24, 2.45) is 23.7 Å². The summed E-state index contributed by atoms with van der Waals surface area (Å²) in [6.07, 6.45) is 0.431. The summed E-state index contributed by atoms with van der Waals surface area (Å²) in [7, 11) is 0. The molecular weight excluding hydrogens is 256 g/mol. The first-order chi connectivity index (χ1) is 9.15. The van der Waals surface area contributed by atoms with Gasteiger partial charge in [-0.3, -0.25) is 0 Å². The number of hydrogen-bond acceptors (Lipinski definition) is 2. The molecule has 0 aromatic heterocycles. The van der Waals surface area contributed by atoms with Crippen LogP contribution < -0.4 is 10.6 Å². The molecule has 0 saturated heterocycles. The van der Waals surface area contributed by atoms with Crippen LogP contribution in [0.5, 0.6) is 0 Å². The van der Waals surface area contributed by atoms with E-state index >= 15 is 0 Å². The average Bonchev–Trinajstić information content (AvgIpc) is 2.26. The molecule has 0 rings (SSSR count). The van der Waals surface area contributed by atoms with Crippen molar-refractivity contribution in [1.82, 2.24) is 10.6 Å². The average molecular weight is 286 g/mol. The summed E-state index contributed by atoms with van der Waals surface area (Å²) >= 11 is 0. The maximum absolute atomic E-state index is 11.8. The minimum Gasteiger partial charge on any atom is -0.480 e. The molecule has 0 heterocycles. The lowest BCUT2D eigenvalue weighted by atomic mass is 9.85. The van der Waals surface area contributed by atoms with E-state index in [0.29, 0.717) is 30.7 Å². The molecule has 0 bridgehead atoms. The number of carbonyl (C=O) groups excluding carboxylic acids is 1. The highest BCUT2D eigenvalue weighted by Gasteiger charge is 2.22. The number of hydrogen-bond donors (Lipinski definition) is 3. The molecule has 20 heavy (non-hydrogen) atoms. The Kier molecular flexibility index (Phi) is 8.26. The highest BCUT2D eigenvalue weighted by Crippen LogP contribution is 2.19. The Hall–Kier alpha value is -1.26. The SMILES string of the molecule is CC(C)C[C@@H](NC(=O)NCC(C(C)C)C(C)C)C(=O)O. The Balaban J connectivity index is 4.35. The quantitative estimate of drug-likeness (QED) is 0.642. The van der Waals surface area contributed by atoms with Crippen LogP contribution >= 0.6 is 0 Å². The molecule has 5 heteroatoms. The Morgan fingerprint density at radius 1 is 1.00 bits per heavy atom. The molecule has 0 spiro atoms. The van der Waals surface area contributed by atoms with Crippen LogP contribution in [0.1, 0.15) is 48.0 Å². The van der Waals surface area contributed by atoms with Gasteiger partial charge in [0.1, 0.15) is 6.04 Å². The van der Waals surface area contributed by atoms with E-state index in [0.717, 1.165) is 0 Å². The third-order valence-corrected chi connectivity index (χ3v) is 3.52. The molecule has 0 unspecified atom stereocenters. The molecule has 0 saturated carbocycles. The van der Waals surface area contributed by atoms with Crippen molar-refractivity contribution >= 4 is 12.0 Å². The van der Waals surface area contributed by atoms with E-state index in [1.807, 2.05) is 13.8 Å². The lowest BCUT2D eigenvalue weighted by Crippen LogP contribution is -2.48. The van der Waals surface area contributed by atoms with Crippen LogP contribution in [0.3, 0.4) is 0 Å². The van der Waals surface area contributed by atoms with Gasteiger partial charge >= 0.3 is 12.0 Å². The van der Waals surface area contributed by atoms with Gasteiger partial charge in [0, 0.05) is 6.54 Å². The second-order valence-electron chi connectivity index (χ2n) is 6.53. The van der Waals surface area contributed by atoms with Gasteiger partial charge in [0.05, 0.1) is 0 Å². The molecule has 0 aliphatic carbocycles. The molecule has 0 fully saturated rings. The van der Waals surface area contributed by atoms with E-state index in [-0.39, 0.29) is 5.92 Å². The smallest absolute Gasteiger partial charge is 0.326 e. The first-order valence-electron chi connectivity index (χ1n) is 7.42. The number of carbonyl (C=O) groups is 2. The van der Waals surface area contributed by atoms with E-state index in [1.54, 1.807) is 0 Å². The van der Waals surface area contributed by atoms with Crippen molar-refractivity contribution in [2.75, 3.05) is 6.54 Å². The maximum atomic E-state index is 11.8. The van der Waals surface area contributed by atoms with Gasteiger partial charge < -0.3 is 15.7 Å². The zero-order valence-electron chi connectivity index (χ0n) is 13.6. The van der Waals surface area contributed by atoms with Gasteiger partial charge in [-0.2, -0.15) is 0 Å². The number of carboxylic acids is 1. The van der Waals surface area contributed by atoms with Gasteiger partial charge in [0.15, 0.2) is 0 Å². The van der Waals surface area contributed by atoms with E-state index in [9.17, 15) is 9.59 Å². The summed E-state index contributed by atoms with van der Waals surface area (Å²) in [5.41, 5.74) is 0. The number of nitrogens with one attached hydrogen (secondary N) is 2. The number of aliphatic carboxylic acids is 1. The van der Waals surface area contributed by atoms with Crippen molar-refractivity contribution in [3.05, 3.63) is 0 Å². The molecule has 3 N–H and O–H groups in total. The van der Waals surface area contributed by atoms with Crippen LogP contribution in [0.4, 0.5) is 4.79 Å². The van der Waals surface area contributed by atoms with Crippen LogP contribution in [0, 0.1) is 23.7 Å². The van der Waals surface area contributed by atoms with E-state index in [1.165, 1.54) is 0 Å². The van der Waals surface area contributed by atoms with Crippen molar-refractivity contribution in [2.45, 2.75) is 54.0 Å². The topological polar surface area (TPSA) is 78.4 Å². The molecule has 0 aliphatic heterocycles. The zero-order chi connectivity index (χ0) is 15.9. The van der Waals surface area contributed by atoms with Crippen molar-refractivity contribution in [3.8, 4) is 0 Å². The predicted molar refractivity (Wildman–Crippen MR) is 80.6 cm³/mol. The van der Waals surface area contributed by atoms with Gasteiger partial charge in [-0.1, -0.05) is 41.5 Å². The van der Waals surface area contributed by atoms with Crippen LogP contribution in [0.2, 0.25) is 0 Å². The van der Waals surface area contributed by atoms with E-state index in [4.69, 9.17) is 5.11 Å². The molecule has 0 radical (unpaired) electrons. The molecule has 0 aliphatic rings. The Morgan fingerprint density at radius 3 is 1.85 bits per heavy atom. The molecule has 2 amide bonds. The molecule has 5 nitrogen and oxygen atoms in total. The number of carboxylic acid groups (broad SMARTS) is 1. The lowest BCUT2D eigenvalue weighted by Gasteiger charge is -2.25. The standard InChI is InChI=1S/C15H30N2O3/c1-9(2)7-13(14(18)19)17-15(20)16-8-12(10(3)4)11(5)6/h9-13H,7-8H2,1-6H3,(H,18,19)(H2,16,17,20)/t13-/m1/s1. The lowest BCUT2D eigenvalue weighted by molar-refractivity contribution is -0.139. The first-order valence-corrected chi connectivity index (χ1v) is 7.42. The van der Waals surface area contributed by atoms with Gasteiger partial charge in [0.2, 0.25) is 0 Å². The predicted octanol–water partition coefficient (Wildman–Crippen LogP) is 2.71. The van der Waals surface area contributed by atoms with Crippen LogP contribution in [0.25, 0.3) is 0 Å². The summed E-state index contributed by atoms with van der Waals surface area (Å²) in [4.78, 5) is 22.9. The van der Waals surface area contributed by atoms with Gasteiger partial charge in [-0.25, -0.2) is 9.59 Å². The van der Waals surface area contributed by atoms with Crippen molar-refractivity contribution in [3.63, 3.8) is 0 Å². The number of urea groups is 1. The molecular formula is C15H30N2O3. The van der Waals surface area contributed by atoms with Crippen molar-refractivity contribution < 1.29 is 14.7 Å². The Labute approximate surface area is 122 Å². The van der Waals surface area contributed by atoms with Crippen LogP contribution in [0.15, 0.2) is 0 Å². The molecule has 0 aromatic carbocycles. The van der Waals surface area contributed by atoms with Crippen LogP contribution in [-0.2, 0) is 4.79 Å². The monoisotopic (exact) mass is 286 g/mol. The molecule has 118 valence electrons. The minimum absolute atomic E-state index is 0.218. The third kappa shape index (κ3) is 7.36. The summed E-state index contributed by atoms with van der Waals surface area (Å²) in [6, 6.07) is -1.23. The Bertz CT molecular complexity index is 306. The molecule has 1 atom stereocenters. The normalized spacial score (nSPS) is 13.1. The maximum Gasteiger partial charge on any atom is 0.326 e. The third-order valence-electron chi connectivity index (χ3n) is 3.52. The fourth-order valence-corrected chi connectivity index (χ4v) is 2.35. The second kappa shape index (κ2) is 8.82. The first kappa shape index (κ1) is 18.7. The van der Waals surface area contributed by atoms with E-state index in [2.05, 4.69) is 38.3 Å². The van der Waals surface area contributed by atoms with Gasteiger partial charge in [0.25, 0.3) is 0 Å². The minimum atomic E-state index is -0.988. The fraction of sp³-hybridized carbons (Fsp3) is 0.867. The summed E-state index contributed by atoms with van der Waals surface area (Å²) < 4.78 is 0. The summed E-state index contributed by atoms with van der Waals surface area (Å²) in [5, 5.41) is 14.4. The van der Waals surface area contributed by atoms with Crippen LogP contribution in [-0.4, -0.2) is 29.7 Å². The number of amides is 2. The van der Waals surface area contributed by atoms with Gasteiger partial charge in [-0.05, 0) is 30.1 Å². The largest absolute Gasteiger partial charge is 0.480 e. The number of rotatable bonds is 8. The fourth-order valence-electron chi connectivity index (χ4n) is 2.35. The summed E-state index contributed by atoms with van der Waals surface area (Å²) in [6.45, 7) is 12.9.